The Morgan fingerprint density at radius 1 is 1.14 bits per heavy atom. The first-order valence-corrected chi connectivity index (χ1v) is 7.36. The first kappa shape index (κ1) is 16.0. The lowest BCUT2D eigenvalue weighted by atomic mass is 9.89. The molecular formula is C19H22N2O. The summed E-state index contributed by atoms with van der Waals surface area (Å²) < 4.78 is 0. The van der Waals surface area contributed by atoms with Gasteiger partial charge in [-0.05, 0) is 38.0 Å². The molecule has 114 valence electrons. The second kappa shape index (κ2) is 7.05. The number of hydrazine groups is 1. The Kier molecular flexibility index (Phi) is 5.12. The first-order valence-electron chi connectivity index (χ1n) is 7.36. The Balaban J connectivity index is 2.13. The van der Waals surface area contributed by atoms with Crippen LogP contribution in [0.25, 0.3) is 0 Å². The Bertz CT molecular complexity index is 634. The van der Waals surface area contributed by atoms with Gasteiger partial charge in [-0.15, -0.1) is 6.58 Å². The number of carbonyl (C=O) groups is 1. The summed E-state index contributed by atoms with van der Waals surface area (Å²) in [7, 11) is 0. The highest BCUT2D eigenvalue weighted by molar-refractivity contribution is 5.93. The molecule has 0 saturated heterocycles. The van der Waals surface area contributed by atoms with Gasteiger partial charge in [-0.25, -0.2) is 5.43 Å². The van der Waals surface area contributed by atoms with E-state index in [1.54, 1.807) is 12.1 Å². The van der Waals surface area contributed by atoms with Gasteiger partial charge in [0.2, 0.25) is 0 Å². The summed E-state index contributed by atoms with van der Waals surface area (Å²) in [4.78, 5) is 12.2. The molecule has 0 bridgehead atoms. The molecular weight excluding hydrogens is 272 g/mol. The van der Waals surface area contributed by atoms with E-state index in [0.717, 1.165) is 5.56 Å². The maximum absolute atomic E-state index is 12.2. The van der Waals surface area contributed by atoms with Crippen LogP contribution in [0, 0.1) is 6.92 Å². The van der Waals surface area contributed by atoms with Crippen molar-refractivity contribution in [2.75, 3.05) is 0 Å². The van der Waals surface area contributed by atoms with Crippen LogP contribution in [0.1, 0.15) is 34.8 Å². The van der Waals surface area contributed by atoms with Gasteiger partial charge in [-0.1, -0.05) is 54.1 Å². The summed E-state index contributed by atoms with van der Waals surface area (Å²) in [5, 5.41) is 0. The van der Waals surface area contributed by atoms with E-state index in [1.807, 2.05) is 31.2 Å². The molecule has 0 fully saturated rings. The van der Waals surface area contributed by atoms with Crippen LogP contribution in [-0.4, -0.2) is 5.91 Å². The summed E-state index contributed by atoms with van der Waals surface area (Å²) in [5.41, 5.74) is 8.49. The van der Waals surface area contributed by atoms with Crippen molar-refractivity contribution in [2.24, 2.45) is 0 Å². The van der Waals surface area contributed by atoms with Crippen molar-refractivity contribution < 1.29 is 4.79 Å². The van der Waals surface area contributed by atoms with Crippen molar-refractivity contribution in [3.8, 4) is 0 Å². The summed E-state index contributed by atoms with van der Waals surface area (Å²) in [6.45, 7) is 7.92. The van der Waals surface area contributed by atoms with Gasteiger partial charge in [0.05, 0.1) is 5.54 Å². The van der Waals surface area contributed by atoms with Crippen LogP contribution in [0.3, 0.4) is 0 Å². The second-order valence-corrected chi connectivity index (χ2v) is 5.64. The molecule has 3 heteroatoms. The minimum atomic E-state index is -0.403. The van der Waals surface area contributed by atoms with Crippen LogP contribution in [-0.2, 0) is 5.54 Å². The topological polar surface area (TPSA) is 41.1 Å². The average Bonchev–Trinajstić information content (AvgIpc) is 2.54. The summed E-state index contributed by atoms with van der Waals surface area (Å²) in [6.07, 6.45) is 2.55. The normalized spacial score (nSPS) is 13.2. The molecule has 0 heterocycles. The van der Waals surface area contributed by atoms with Crippen LogP contribution in [0.5, 0.6) is 0 Å². The van der Waals surface area contributed by atoms with E-state index >= 15 is 0 Å². The maximum Gasteiger partial charge on any atom is 0.265 e. The van der Waals surface area contributed by atoms with Gasteiger partial charge in [0.15, 0.2) is 0 Å². The second-order valence-electron chi connectivity index (χ2n) is 5.64. The number of nitrogens with one attached hydrogen (secondary N) is 2. The highest BCUT2D eigenvalue weighted by Crippen LogP contribution is 2.24. The molecule has 0 radical (unpaired) electrons. The van der Waals surface area contributed by atoms with Crippen molar-refractivity contribution in [2.45, 2.75) is 25.8 Å². The molecule has 0 saturated carbocycles. The number of amides is 1. The van der Waals surface area contributed by atoms with Crippen LogP contribution in [0.15, 0.2) is 67.3 Å². The maximum atomic E-state index is 12.2. The zero-order valence-corrected chi connectivity index (χ0v) is 13.1. The number of benzene rings is 2. The van der Waals surface area contributed by atoms with Crippen molar-refractivity contribution in [1.82, 2.24) is 10.9 Å². The quantitative estimate of drug-likeness (QED) is 0.630. The lowest BCUT2D eigenvalue weighted by molar-refractivity contribution is 0.0907. The predicted molar refractivity (Wildman–Crippen MR) is 90.4 cm³/mol. The molecule has 1 atom stereocenters. The average molecular weight is 294 g/mol. The summed E-state index contributed by atoms with van der Waals surface area (Å²) in [5.74, 6) is -0.150. The SMILES string of the molecule is C=CCC(C)(NNC(=O)c1ccccc1)c1ccc(C)cc1. The molecule has 2 rings (SSSR count). The molecule has 2 N–H and O–H groups in total. The smallest absolute Gasteiger partial charge is 0.265 e. The van der Waals surface area contributed by atoms with Gasteiger partial charge in [0, 0.05) is 5.56 Å². The van der Waals surface area contributed by atoms with Gasteiger partial charge in [0.25, 0.3) is 5.91 Å². The zero-order valence-electron chi connectivity index (χ0n) is 13.1. The Morgan fingerprint density at radius 2 is 1.77 bits per heavy atom. The number of rotatable bonds is 6. The number of hydrogen-bond acceptors (Lipinski definition) is 2. The van der Waals surface area contributed by atoms with E-state index in [2.05, 4.69) is 48.6 Å². The van der Waals surface area contributed by atoms with Crippen molar-refractivity contribution in [3.05, 3.63) is 83.9 Å². The Hall–Kier alpha value is -2.39. The van der Waals surface area contributed by atoms with Crippen molar-refractivity contribution in [3.63, 3.8) is 0 Å². The zero-order chi connectivity index (χ0) is 16.0. The van der Waals surface area contributed by atoms with Crippen LogP contribution in [0.4, 0.5) is 0 Å². The van der Waals surface area contributed by atoms with Crippen LogP contribution in [0.2, 0.25) is 0 Å². The van der Waals surface area contributed by atoms with Crippen LogP contribution >= 0.6 is 0 Å². The Labute approximate surface area is 132 Å². The van der Waals surface area contributed by atoms with E-state index < -0.39 is 5.54 Å². The third-order valence-corrected chi connectivity index (χ3v) is 3.73. The van der Waals surface area contributed by atoms with Gasteiger partial charge in [-0.2, -0.15) is 0 Å². The largest absolute Gasteiger partial charge is 0.287 e. The van der Waals surface area contributed by atoms with Gasteiger partial charge in [-0.3, -0.25) is 10.2 Å². The lowest BCUT2D eigenvalue weighted by Crippen LogP contribution is -2.50. The fourth-order valence-electron chi connectivity index (χ4n) is 2.31. The van der Waals surface area contributed by atoms with E-state index in [1.165, 1.54) is 5.56 Å². The molecule has 1 unspecified atom stereocenters. The lowest BCUT2D eigenvalue weighted by Gasteiger charge is -2.30. The van der Waals surface area contributed by atoms with E-state index in [9.17, 15) is 4.79 Å². The first-order chi connectivity index (χ1) is 10.5. The highest BCUT2D eigenvalue weighted by Gasteiger charge is 2.25. The molecule has 1 amide bonds. The fraction of sp³-hybridized carbons (Fsp3) is 0.211. The third-order valence-electron chi connectivity index (χ3n) is 3.73. The molecule has 2 aromatic rings. The van der Waals surface area contributed by atoms with E-state index in [4.69, 9.17) is 0 Å². The summed E-state index contributed by atoms with van der Waals surface area (Å²) >= 11 is 0. The molecule has 2 aromatic carbocycles. The van der Waals surface area contributed by atoms with Gasteiger partial charge < -0.3 is 0 Å². The fourth-order valence-corrected chi connectivity index (χ4v) is 2.31. The molecule has 0 aliphatic rings. The molecule has 22 heavy (non-hydrogen) atoms. The predicted octanol–water partition coefficient (Wildman–Crippen LogP) is 3.72. The van der Waals surface area contributed by atoms with Crippen molar-refractivity contribution >= 4 is 5.91 Å². The molecule has 0 aliphatic heterocycles. The molecule has 0 spiro atoms. The number of aryl methyl sites for hydroxylation is 1. The van der Waals surface area contributed by atoms with Gasteiger partial charge in [0.1, 0.15) is 0 Å². The highest BCUT2D eigenvalue weighted by atomic mass is 16.2. The molecule has 0 aliphatic carbocycles. The van der Waals surface area contributed by atoms with E-state index in [-0.39, 0.29) is 5.91 Å². The summed E-state index contributed by atoms with van der Waals surface area (Å²) in [6, 6.07) is 17.4. The number of hydrogen-bond donors (Lipinski definition) is 2. The Morgan fingerprint density at radius 3 is 2.36 bits per heavy atom. The monoisotopic (exact) mass is 294 g/mol. The molecule has 0 aromatic heterocycles. The van der Waals surface area contributed by atoms with E-state index in [0.29, 0.717) is 12.0 Å². The minimum Gasteiger partial charge on any atom is -0.287 e. The minimum absolute atomic E-state index is 0.150. The van der Waals surface area contributed by atoms with Crippen LogP contribution < -0.4 is 10.9 Å². The van der Waals surface area contributed by atoms with Gasteiger partial charge >= 0.3 is 0 Å². The number of carbonyl (C=O) groups excluding carboxylic acids is 1. The standard InChI is InChI=1S/C19H22N2O/c1-4-14-19(3,17-12-10-15(2)11-13-17)21-20-18(22)16-8-6-5-7-9-16/h4-13,21H,1,14H2,2-3H3,(H,20,22). The third kappa shape index (κ3) is 3.83. The molecule has 3 nitrogen and oxygen atoms in total. The van der Waals surface area contributed by atoms with Crippen molar-refractivity contribution in [1.29, 1.82) is 0 Å².